The lowest BCUT2D eigenvalue weighted by Crippen LogP contribution is -2.54. The van der Waals surface area contributed by atoms with Gasteiger partial charge < -0.3 is 19.7 Å². The fourth-order valence-electron chi connectivity index (χ4n) is 4.15. The Morgan fingerprint density at radius 2 is 1.49 bits per heavy atom. The van der Waals surface area contributed by atoms with Crippen LogP contribution >= 0.6 is 34.8 Å². The Bertz CT molecular complexity index is 1560. The molecule has 9 nitrogen and oxygen atoms in total. The van der Waals surface area contributed by atoms with Crippen molar-refractivity contribution in [3.8, 4) is 11.5 Å². The number of anilines is 1. The third-order valence-electron chi connectivity index (χ3n) is 6.39. The van der Waals surface area contributed by atoms with Gasteiger partial charge in [-0.25, -0.2) is 8.42 Å². The van der Waals surface area contributed by atoms with Gasteiger partial charge in [0.05, 0.1) is 24.8 Å². The maximum absolute atomic E-state index is 14.1. The summed E-state index contributed by atoms with van der Waals surface area (Å²) in [5, 5.41) is 3.83. The summed E-state index contributed by atoms with van der Waals surface area (Å²) in [5.41, 5.74) is -0.000716. The van der Waals surface area contributed by atoms with E-state index >= 15 is 0 Å². The van der Waals surface area contributed by atoms with E-state index in [9.17, 15) is 18.0 Å². The largest absolute Gasteiger partial charge is 0.493 e. The number of ether oxygens (including phenoxy) is 2. The van der Waals surface area contributed by atoms with Crippen molar-refractivity contribution in [1.29, 1.82) is 0 Å². The number of halogens is 3. The number of methoxy groups -OCH3 is 2. The lowest BCUT2D eigenvalue weighted by atomic mass is 10.1. The molecule has 0 aliphatic rings. The number of carbonyl (C=O) groups excluding carboxylic acids is 2. The summed E-state index contributed by atoms with van der Waals surface area (Å²) in [6.07, 6.45) is 0. The molecule has 1 atom stereocenters. The summed E-state index contributed by atoms with van der Waals surface area (Å²) >= 11 is 18.9. The minimum Gasteiger partial charge on any atom is -0.493 e. The third-order valence-corrected chi connectivity index (χ3v) is 9.12. The highest BCUT2D eigenvalue weighted by Gasteiger charge is 2.34. The van der Waals surface area contributed by atoms with Crippen LogP contribution in [0.4, 0.5) is 5.69 Å². The van der Waals surface area contributed by atoms with E-state index in [0.29, 0.717) is 26.4 Å². The maximum Gasteiger partial charge on any atom is 0.264 e. The first kappa shape index (κ1) is 34.3. The number of benzene rings is 3. The van der Waals surface area contributed by atoms with Crippen LogP contribution in [0.1, 0.15) is 33.3 Å². The van der Waals surface area contributed by atoms with Crippen molar-refractivity contribution in [3.05, 3.63) is 81.3 Å². The normalized spacial score (nSPS) is 12.3. The van der Waals surface area contributed by atoms with E-state index in [-0.39, 0.29) is 22.9 Å². The molecule has 0 unspecified atom stereocenters. The Morgan fingerprint density at radius 3 is 2.02 bits per heavy atom. The first-order valence-electron chi connectivity index (χ1n) is 13.1. The van der Waals surface area contributed by atoms with Crippen molar-refractivity contribution in [3.63, 3.8) is 0 Å². The van der Waals surface area contributed by atoms with Crippen molar-refractivity contribution in [1.82, 2.24) is 10.2 Å². The fourth-order valence-corrected chi connectivity index (χ4v) is 6.22. The van der Waals surface area contributed by atoms with E-state index in [1.807, 2.05) is 20.8 Å². The summed E-state index contributed by atoms with van der Waals surface area (Å²) in [4.78, 5) is 28.5. The molecule has 3 aromatic rings. The molecule has 0 radical (unpaired) electrons. The molecule has 0 aromatic heterocycles. The second-order valence-electron chi connectivity index (χ2n) is 10.6. The van der Waals surface area contributed by atoms with Gasteiger partial charge in [0.1, 0.15) is 12.6 Å². The van der Waals surface area contributed by atoms with Gasteiger partial charge in [0.15, 0.2) is 11.5 Å². The van der Waals surface area contributed by atoms with Gasteiger partial charge in [-0.3, -0.25) is 13.9 Å². The number of amides is 2. The van der Waals surface area contributed by atoms with Gasteiger partial charge in [-0.05, 0) is 76.2 Å². The molecule has 3 rings (SSSR count). The summed E-state index contributed by atoms with van der Waals surface area (Å²) in [6, 6.07) is 14.0. The zero-order chi connectivity index (χ0) is 32.1. The molecule has 0 fully saturated rings. The molecular weight excluding hydrogens is 637 g/mol. The lowest BCUT2D eigenvalue weighted by molar-refractivity contribution is -0.140. The van der Waals surface area contributed by atoms with Crippen LogP contribution in [0.5, 0.6) is 11.5 Å². The number of carbonyl (C=O) groups is 2. The molecule has 0 aliphatic carbocycles. The van der Waals surface area contributed by atoms with Crippen LogP contribution in [0.15, 0.2) is 65.6 Å². The summed E-state index contributed by atoms with van der Waals surface area (Å²) in [6.45, 7) is 6.18. The second-order valence-corrected chi connectivity index (χ2v) is 13.8. The Morgan fingerprint density at radius 1 is 0.907 bits per heavy atom. The van der Waals surface area contributed by atoms with Gasteiger partial charge in [0, 0.05) is 38.8 Å². The van der Waals surface area contributed by atoms with Crippen LogP contribution in [-0.4, -0.2) is 57.5 Å². The molecular formula is C30H34Cl3N3O6S. The highest BCUT2D eigenvalue weighted by molar-refractivity contribution is 7.92. The highest BCUT2D eigenvalue weighted by atomic mass is 35.5. The number of hydrogen-bond acceptors (Lipinski definition) is 6. The smallest absolute Gasteiger partial charge is 0.264 e. The number of rotatable bonds is 11. The van der Waals surface area contributed by atoms with Crippen molar-refractivity contribution < 1.29 is 27.5 Å². The standard InChI is InChI=1S/C30H34Cl3N3O6S/c1-19(29(38)34-30(2,3)4)35(17-23-24(32)8-7-9-25(23)33)28(37)18-36(21-12-10-20(31)11-13-21)43(39,40)22-14-15-26(41-5)27(16-22)42-6/h7-16,19H,17-18H2,1-6H3,(H,34,38)/t19-/m1/s1. The van der Waals surface area contributed by atoms with Crippen LogP contribution in [0.25, 0.3) is 0 Å². The average molecular weight is 671 g/mol. The molecule has 1 N–H and O–H groups in total. The monoisotopic (exact) mass is 669 g/mol. The van der Waals surface area contributed by atoms with Crippen LogP contribution in [0, 0.1) is 0 Å². The Balaban J connectivity index is 2.11. The number of hydrogen-bond donors (Lipinski definition) is 1. The SMILES string of the molecule is COc1ccc(S(=O)(=O)N(CC(=O)N(Cc2c(Cl)cccc2Cl)[C@H](C)C(=O)NC(C)(C)C)c2ccc(Cl)cc2)cc1OC. The van der Waals surface area contributed by atoms with Crippen LogP contribution in [0.3, 0.4) is 0 Å². The fraction of sp³-hybridized carbons (Fsp3) is 0.333. The van der Waals surface area contributed by atoms with E-state index < -0.39 is 40.0 Å². The first-order chi connectivity index (χ1) is 20.1. The summed E-state index contributed by atoms with van der Waals surface area (Å²) < 4.78 is 39.7. The van der Waals surface area contributed by atoms with Crippen LogP contribution in [-0.2, 0) is 26.2 Å². The molecule has 3 aromatic carbocycles. The van der Waals surface area contributed by atoms with Crippen molar-refractivity contribution >= 4 is 62.3 Å². The summed E-state index contributed by atoms with van der Waals surface area (Å²) in [7, 11) is -1.55. The van der Waals surface area contributed by atoms with Gasteiger partial charge >= 0.3 is 0 Å². The predicted molar refractivity (Wildman–Crippen MR) is 170 cm³/mol. The van der Waals surface area contributed by atoms with Gasteiger partial charge in [-0.15, -0.1) is 0 Å². The zero-order valence-electron chi connectivity index (χ0n) is 24.7. The topological polar surface area (TPSA) is 105 Å². The molecule has 0 saturated carbocycles. The Hall–Kier alpha value is -3.18. The first-order valence-corrected chi connectivity index (χ1v) is 15.7. The van der Waals surface area contributed by atoms with E-state index in [4.69, 9.17) is 44.3 Å². The second kappa shape index (κ2) is 14.1. The van der Waals surface area contributed by atoms with Gasteiger partial charge in [0.2, 0.25) is 11.8 Å². The molecule has 0 bridgehead atoms. The van der Waals surface area contributed by atoms with Gasteiger partial charge in [0.25, 0.3) is 10.0 Å². The van der Waals surface area contributed by atoms with Crippen molar-refractivity contribution in [2.45, 2.75) is 50.7 Å². The quantitative estimate of drug-likeness (QED) is 0.261. The number of nitrogens with zero attached hydrogens (tertiary/aromatic N) is 2. The minimum absolute atomic E-state index is 0.146. The molecule has 13 heteroatoms. The van der Waals surface area contributed by atoms with E-state index in [1.54, 1.807) is 25.1 Å². The van der Waals surface area contributed by atoms with E-state index in [1.165, 1.54) is 61.6 Å². The lowest BCUT2D eigenvalue weighted by Gasteiger charge is -2.34. The molecule has 43 heavy (non-hydrogen) atoms. The third kappa shape index (κ3) is 8.47. The van der Waals surface area contributed by atoms with E-state index in [2.05, 4.69) is 5.32 Å². The Labute approximate surface area is 267 Å². The van der Waals surface area contributed by atoms with Gasteiger partial charge in [-0.2, -0.15) is 0 Å². The van der Waals surface area contributed by atoms with Crippen molar-refractivity contribution in [2.75, 3.05) is 25.1 Å². The number of nitrogens with one attached hydrogen (secondary N) is 1. The molecule has 232 valence electrons. The molecule has 0 aliphatic heterocycles. The zero-order valence-corrected chi connectivity index (χ0v) is 27.7. The number of sulfonamides is 1. The average Bonchev–Trinajstić information content (AvgIpc) is 2.94. The predicted octanol–water partition coefficient (Wildman–Crippen LogP) is 6.19. The van der Waals surface area contributed by atoms with E-state index in [0.717, 1.165) is 4.31 Å². The van der Waals surface area contributed by atoms with Gasteiger partial charge in [-0.1, -0.05) is 40.9 Å². The molecule has 0 heterocycles. The summed E-state index contributed by atoms with van der Waals surface area (Å²) in [5.74, 6) is -0.596. The molecule has 2 amide bonds. The van der Waals surface area contributed by atoms with Crippen LogP contribution in [0.2, 0.25) is 15.1 Å². The minimum atomic E-state index is -4.36. The molecule has 0 saturated heterocycles. The molecule has 0 spiro atoms. The Kier molecular flexibility index (Phi) is 11.2. The van der Waals surface area contributed by atoms with Crippen molar-refractivity contribution in [2.24, 2.45) is 0 Å². The van der Waals surface area contributed by atoms with Crippen LogP contribution < -0.4 is 19.1 Å². The highest BCUT2D eigenvalue weighted by Crippen LogP contribution is 2.33. The maximum atomic E-state index is 14.1.